The summed E-state index contributed by atoms with van der Waals surface area (Å²) in [6.45, 7) is 3.32. The van der Waals surface area contributed by atoms with Gasteiger partial charge in [0.25, 0.3) is 0 Å². The number of rotatable bonds is 5. The summed E-state index contributed by atoms with van der Waals surface area (Å²) in [5, 5.41) is 4.45. The van der Waals surface area contributed by atoms with Crippen molar-refractivity contribution in [2.45, 2.75) is 18.8 Å². The minimum atomic E-state index is -0.248. The molecule has 0 spiro atoms. The van der Waals surface area contributed by atoms with Crippen LogP contribution >= 0.6 is 24.4 Å². The number of halogens is 2. The van der Waals surface area contributed by atoms with Gasteiger partial charge in [0.1, 0.15) is 5.82 Å². The van der Waals surface area contributed by atoms with Crippen molar-refractivity contribution in [1.82, 2.24) is 19.1 Å². The quantitative estimate of drug-likeness (QED) is 0.521. The molecule has 4 rings (SSSR count). The number of carbonyl (C=O) groups excluding carboxylic acids is 1. The van der Waals surface area contributed by atoms with Gasteiger partial charge in [-0.3, -0.25) is 4.31 Å². The lowest BCUT2D eigenvalue weighted by Crippen LogP contribution is -2.40. The van der Waals surface area contributed by atoms with E-state index < -0.39 is 0 Å². The molecule has 5 nitrogen and oxygen atoms in total. The summed E-state index contributed by atoms with van der Waals surface area (Å²) in [5.41, 5.74) is 3.25. The van der Waals surface area contributed by atoms with E-state index in [-0.39, 0.29) is 11.8 Å². The maximum absolute atomic E-state index is 13.4. The van der Waals surface area contributed by atoms with Gasteiger partial charge in [0.2, 0.25) is 0 Å². The Morgan fingerprint density at radius 2 is 1.94 bits per heavy atom. The smallest absolute Gasteiger partial charge is 0.326 e. The van der Waals surface area contributed by atoms with Crippen molar-refractivity contribution >= 4 is 41.3 Å². The van der Waals surface area contributed by atoms with Gasteiger partial charge in [0, 0.05) is 42.4 Å². The predicted octanol–water partition coefficient (Wildman–Crippen LogP) is 5.09. The average Bonchev–Trinajstić information content (AvgIpc) is 3.16. The second-order valence-corrected chi connectivity index (χ2v) is 8.81. The largest absolute Gasteiger partial charge is 0.340 e. The topological polar surface area (TPSA) is 40.5 Å². The highest BCUT2D eigenvalue weighted by molar-refractivity contribution is 7.78. The number of piperidine rings is 1. The molecule has 1 aromatic heterocycles. The van der Waals surface area contributed by atoms with Crippen LogP contribution in [0.3, 0.4) is 0 Å². The van der Waals surface area contributed by atoms with Crippen molar-refractivity contribution in [3.8, 4) is 5.69 Å². The Bertz CT molecular complexity index is 1060. The number of nitrogens with one attached hydrogen (secondary N) is 1. The number of benzene rings is 2. The van der Waals surface area contributed by atoms with Gasteiger partial charge in [0.05, 0.1) is 5.52 Å². The first kappa shape index (κ1) is 22.0. The van der Waals surface area contributed by atoms with Crippen molar-refractivity contribution in [2.75, 3.05) is 33.2 Å². The monoisotopic (exact) mass is 460 g/mol. The van der Waals surface area contributed by atoms with Gasteiger partial charge in [-0.25, -0.2) is 9.18 Å². The zero-order chi connectivity index (χ0) is 22.0. The molecule has 1 aliphatic rings. The molecular formula is C23H26ClFN4OS. The van der Waals surface area contributed by atoms with Gasteiger partial charge >= 0.3 is 6.03 Å². The molecule has 0 unspecified atom stereocenters. The molecule has 164 valence electrons. The summed E-state index contributed by atoms with van der Waals surface area (Å²) in [5.74, 6) is 0.190. The summed E-state index contributed by atoms with van der Waals surface area (Å²) >= 11 is 10.5. The summed E-state index contributed by atoms with van der Waals surface area (Å²) in [6, 6.07) is 12.3. The van der Waals surface area contributed by atoms with Gasteiger partial charge < -0.3 is 14.8 Å². The van der Waals surface area contributed by atoms with Crippen molar-refractivity contribution in [2.24, 2.45) is 0 Å². The van der Waals surface area contributed by atoms with E-state index in [9.17, 15) is 9.18 Å². The van der Waals surface area contributed by atoms with Crippen molar-refractivity contribution in [3.05, 3.63) is 65.1 Å². The fourth-order valence-corrected chi connectivity index (χ4v) is 4.66. The molecule has 1 aliphatic heterocycles. The maximum Gasteiger partial charge on any atom is 0.326 e. The minimum absolute atomic E-state index is 0.189. The number of amides is 2. The zero-order valence-electron chi connectivity index (χ0n) is 17.4. The molecule has 8 heteroatoms. The van der Waals surface area contributed by atoms with Crippen molar-refractivity contribution in [3.63, 3.8) is 0 Å². The number of carbonyl (C=O) groups is 1. The standard InChI is InChI=1S/C23H26ClFN4OS/c1-26-23(30)29(31)13-12-27-10-8-16(9-11-27)21-15-28(19-5-3-18(25)4-6-19)22-14-17(24)2-7-20(21)22/h2-7,14-16,31H,8-13H2,1H3,(H,26,30). The summed E-state index contributed by atoms with van der Waals surface area (Å²) < 4.78 is 16.9. The first-order valence-corrected chi connectivity index (χ1v) is 11.2. The summed E-state index contributed by atoms with van der Waals surface area (Å²) in [7, 11) is 1.60. The summed E-state index contributed by atoms with van der Waals surface area (Å²) in [4.78, 5) is 14.0. The van der Waals surface area contributed by atoms with Crippen LogP contribution in [0.2, 0.25) is 5.02 Å². The van der Waals surface area contributed by atoms with E-state index in [0.717, 1.165) is 43.7 Å². The van der Waals surface area contributed by atoms with Crippen LogP contribution in [-0.4, -0.2) is 53.0 Å². The molecule has 31 heavy (non-hydrogen) atoms. The Morgan fingerprint density at radius 1 is 1.23 bits per heavy atom. The molecule has 2 amide bonds. The highest BCUT2D eigenvalue weighted by atomic mass is 35.5. The van der Waals surface area contributed by atoms with E-state index in [1.165, 1.54) is 27.4 Å². The summed E-state index contributed by atoms with van der Waals surface area (Å²) in [6.07, 6.45) is 4.25. The lowest BCUT2D eigenvalue weighted by molar-refractivity contribution is 0.195. The third-order valence-corrected chi connectivity index (χ3v) is 6.62. The maximum atomic E-state index is 13.4. The Kier molecular flexibility index (Phi) is 6.74. The molecule has 0 aliphatic carbocycles. The number of likely N-dealkylation sites (tertiary alicyclic amines) is 1. The molecule has 1 N–H and O–H groups in total. The van der Waals surface area contributed by atoms with Gasteiger partial charge in [-0.2, -0.15) is 0 Å². The van der Waals surface area contributed by atoms with E-state index in [4.69, 9.17) is 11.6 Å². The Morgan fingerprint density at radius 3 is 2.61 bits per heavy atom. The number of hydrogen-bond donors (Lipinski definition) is 2. The molecule has 2 heterocycles. The Labute approximate surface area is 192 Å². The molecular weight excluding hydrogens is 435 g/mol. The van der Waals surface area contributed by atoms with Crippen LogP contribution in [0.25, 0.3) is 16.6 Å². The van der Waals surface area contributed by atoms with Crippen molar-refractivity contribution in [1.29, 1.82) is 0 Å². The molecule has 1 fully saturated rings. The van der Waals surface area contributed by atoms with E-state index in [1.807, 2.05) is 12.1 Å². The van der Waals surface area contributed by atoms with Crippen LogP contribution in [0.1, 0.15) is 24.3 Å². The Hall–Kier alpha value is -2.22. The molecule has 3 aromatic rings. The van der Waals surface area contributed by atoms with Crippen LogP contribution in [0.5, 0.6) is 0 Å². The van der Waals surface area contributed by atoms with Crippen LogP contribution in [-0.2, 0) is 0 Å². The lowest BCUT2D eigenvalue weighted by atomic mass is 9.89. The highest BCUT2D eigenvalue weighted by Gasteiger charge is 2.24. The SMILES string of the molecule is CNC(=O)N(S)CCN1CCC(c2cn(-c3ccc(F)cc3)c3cc(Cl)ccc23)CC1. The van der Waals surface area contributed by atoms with Gasteiger partial charge in [-0.1, -0.05) is 30.5 Å². The molecule has 2 aromatic carbocycles. The molecule has 0 bridgehead atoms. The number of nitrogens with zero attached hydrogens (tertiary/aromatic N) is 3. The predicted molar refractivity (Wildman–Crippen MR) is 127 cm³/mol. The van der Waals surface area contributed by atoms with Crippen LogP contribution in [0, 0.1) is 5.82 Å². The normalized spacial score (nSPS) is 15.4. The molecule has 1 saturated heterocycles. The van der Waals surface area contributed by atoms with E-state index in [0.29, 0.717) is 17.5 Å². The second-order valence-electron chi connectivity index (χ2n) is 7.89. The van der Waals surface area contributed by atoms with Crippen LogP contribution in [0.15, 0.2) is 48.7 Å². The third-order valence-electron chi connectivity index (χ3n) is 6.01. The minimum Gasteiger partial charge on any atom is -0.340 e. The fraction of sp³-hybridized carbons (Fsp3) is 0.348. The second kappa shape index (κ2) is 9.51. The van der Waals surface area contributed by atoms with Crippen molar-refractivity contribution < 1.29 is 9.18 Å². The van der Waals surface area contributed by atoms with E-state index >= 15 is 0 Å². The molecule has 0 radical (unpaired) electrons. The van der Waals surface area contributed by atoms with Gasteiger partial charge in [0.15, 0.2) is 0 Å². The average molecular weight is 461 g/mol. The van der Waals surface area contributed by atoms with E-state index in [1.54, 1.807) is 19.2 Å². The van der Waals surface area contributed by atoms with E-state index in [2.05, 4.69) is 39.9 Å². The first-order chi connectivity index (χ1) is 15.0. The Balaban J connectivity index is 1.52. The molecule has 0 atom stereocenters. The first-order valence-electron chi connectivity index (χ1n) is 10.4. The third kappa shape index (κ3) is 4.84. The number of fused-ring (bicyclic) bond motifs is 1. The van der Waals surface area contributed by atoms with Gasteiger partial charge in [-0.05, 0) is 73.8 Å². The highest BCUT2D eigenvalue weighted by Crippen LogP contribution is 2.36. The van der Waals surface area contributed by atoms with Gasteiger partial charge in [-0.15, -0.1) is 0 Å². The molecule has 0 saturated carbocycles. The number of hydrogen-bond acceptors (Lipinski definition) is 3. The van der Waals surface area contributed by atoms with Crippen LogP contribution in [0.4, 0.5) is 9.18 Å². The van der Waals surface area contributed by atoms with Crippen LogP contribution < -0.4 is 5.32 Å². The number of urea groups is 1. The lowest BCUT2D eigenvalue weighted by Gasteiger charge is -2.32. The number of thiol groups is 1. The fourth-order valence-electron chi connectivity index (χ4n) is 4.30. The zero-order valence-corrected chi connectivity index (χ0v) is 19.0. The number of aromatic nitrogens is 1.